The second-order valence-electron chi connectivity index (χ2n) is 11.3. The molecule has 0 aromatic carbocycles. The van der Waals surface area contributed by atoms with Crippen LogP contribution in [0.2, 0.25) is 0 Å². The maximum Gasteiger partial charge on any atom is 0.0894 e. The average molecular weight is 377 g/mol. The van der Waals surface area contributed by atoms with Gasteiger partial charge >= 0.3 is 0 Å². The highest BCUT2D eigenvalue weighted by Gasteiger charge is 2.71. The molecular formula is C26H45F. The van der Waals surface area contributed by atoms with Crippen molar-refractivity contribution in [2.45, 2.75) is 92.4 Å². The summed E-state index contributed by atoms with van der Waals surface area (Å²) < 4.78 is 12.9. The van der Waals surface area contributed by atoms with E-state index in [0.29, 0.717) is 5.41 Å². The van der Waals surface area contributed by atoms with Gasteiger partial charge in [0.15, 0.2) is 0 Å². The van der Waals surface area contributed by atoms with E-state index in [1.54, 1.807) is 0 Å². The fourth-order valence-corrected chi connectivity index (χ4v) is 9.51. The maximum atomic E-state index is 12.9. The van der Waals surface area contributed by atoms with Crippen molar-refractivity contribution in [2.75, 3.05) is 6.67 Å². The zero-order valence-electron chi connectivity index (χ0n) is 18.7. The quantitative estimate of drug-likeness (QED) is 0.472. The maximum absolute atomic E-state index is 12.9. The molecule has 0 spiro atoms. The van der Waals surface area contributed by atoms with E-state index >= 15 is 0 Å². The first kappa shape index (κ1) is 20.2. The molecule has 0 heterocycles. The monoisotopic (exact) mass is 376 g/mol. The van der Waals surface area contributed by atoms with Gasteiger partial charge in [0.2, 0.25) is 0 Å². The van der Waals surface area contributed by atoms with Gasteiger partial charge in [-0.1, -0.05) is 41.0 Å². The van der Waals surface area contributed by atoms with Crippen LogP contribution in [-0.4, -0.2) is 6.67 Å². The Hall–Kier alpha value is -0.0700. The van der Waals surface area contributed by atoms with Crippen LogP contribution in [-0.2, 0) is 0 Å². The molecule has 27 heavy (non-hydrogen) atoms. The van der Waals surface area contributed by atoms with E-state index in [9.17, 15) is 4.39 Å². The van der Waals surface area contributed by atoms with Crippen LogP contribution >= 0.6 is 0 Å². The van der Waals surface area contributed by atoms with Gasteiger partial charge in [-0.15, -0.1) is 0 Å². The molecule has 0 aliphatic heterocycles. The molecule has 11 atom stereocenters. The minimum absolute atomic E-state index is 0.100. The van der Waals surface area contributed by atoms with Gasteiger partial charge < -0.3 is 0 Å². The van der Waals surface area contributed by atoms with Crippen LogP contribution < -0.4 is 0 Å². The Kier molecular flexibility index (Phi) is 5.72. The van der Waals surface area contributed by atoms with Crippen molar-refractivity contribution >= 4 is 0 Å². The molecule has 0 aromatic heterocycles. The summed E-state index contributed by atoms with van der Waals surface area (Å²) in [6, 6.07) is 0. The second-order valence-corrected chi connectivity index (χ2v) is 11.3. The van der Waals surface area contributed by atoms with E-state index in [4.69, 9.17) is 0 Å². The summed E-state index contributed by atoms with van der Waals surface area (Å²) in [6.07, 6.45) is 12.6. The van der Waals surface area contributed by atoms with Crippen molar-refractivity contribution < 1.29 is 4.39 Å². The minimum atomic E-state index is -0.100. The van der Waals surface area contributed by atoms with Crippen molar-refractivity contribution in [1.82, 2.24) is 0 Å². The molecule has 0 amide bonds. The molecule has 5 aliphatic carbocycles. The van der Waals surface area contributed by atoms with Crippen LogP contribution in [0.4, 0.5) is 4.39 Å². The Morgan fingerprint density at radius 3 is 2.37 bits per heavy atom. The Balaban J connectivity index is 0.000000872. The summed E-state index contributed by atoms with van der Waals surface area (Å²) >= 11 is 0. The largest absolute Gasteiger partial charge is 0.251 e. The van der Waals surface area contributed by atoms with Crippen molar-refractivity contribution in [3.63, 3.8) is 0 Å². The first-order chi connectivity index (χ1) is 13.1. The molecule has 1 heteroatoms. The summed E-state index contributed by atoms with van der Waals surface area (Å²) in [6.45, 7) is 11.6. The Labute approximate surface area is 168 Å². The molecule has 5 fully saturated rings. The van der Waals surface area contributed by atoms with Crippen LogP contribution in [0.15, 0.2) is 0 Å². The third-order valence-corrected chi connectivity index (χ3v) is 10.4. The predicted octanol–water partition coefficient (Wildman–Crippen LogP) is 7.77. The van der Waals surface area contributed by atoms with Gasteiger partial charge in [-0.25, -0.2) is 0 Å². The average Bonchev–Trinajstić information content (AvgIpc) is 3.22. The number of alkyl halides is 1. The van der Waals surface area contributed by atoms with Crippen molar-refractivity contribution in [2.24, 2.45) is 64.6 Å². The zero-order chi connectivity index (χ0) is 19.3. The molecular weight excluding hydrogens is 331 g/mol. The van der Waals surface area contributed by atoms with Gasteiger partial charge in [-0.05, 0) is 116 Å². The van der Waals surface area contributed by atoms with Gasteiger partial charge in [0.05, 0.1) is 6.67 Å². The lowest BCUT2D eigenvalue weighted by Gasteiger charge is -2.57. The topological polar surface area (TPSA) is 0 Å². The summed E-state index contributed by atoms with van der Waals surface area (Å²) in [5, 5.41) is 0. The van der Waals surface area contributed by atoms with Crippen LogP contribution in [0.1, 0.15) is 92.4 Å². The highest BCUT2D eigenvalue weighted by atomic mass is 19.1. The van der Waals surface area contributed by atoms with E-state index < -0.39 is 0 Å². The molecule has 0 bridgehead atoms. The molecule has 0 nitrogen and oxygen atoms in total. The lowest BCUT2D eigenvalue weighted by molar-refractivity contribution is -0.0845. The van der Waals surface area contributed by atoms with Crippen molar-refractivity contribution in [3.05, 3.63) is 0 Å². The number of rotatable bonds is 3. The Morgan fingerprint density at radius 2 is 1.63 bits per heavy atom. The fraction of sp³-hybridized carbons (Fsp3) is 1.00. The number of fused-ring (bicyclic) bond motifs is 7. The standard InChI is InChI=1S/C24H39F.C2H6/c1-14-6-8-17-16(13-14)7-9-19-18(17)10-11-24(3)20(5-4-12-25)21-15(2)22(21)23(19)24;1-2/h14-23H,4-13H2,1-3H3;1-2H3/t14?,15-,16?,17?,18?,19?,20?,21?,22?,23?,24?;/m1./s1. The lowest BCUT2D eigenvalue weighted by atomic mass is 9.48. The molecule has 0 N–H and O–H groups in total. The number of halogens is 1. The summed E-state index contributed by atoms with van der Waals surface area (Å²) in [4.78, 5) is 0. The SMILES string of the molecule is CC.CC1CCC2C(CCC3C2CCC2(C)C(CCCF)C4C(C32)[C@@H]4C)C1. The van der Waals surface area contributed by atoms with E-state index in [0.717, 1.165) is 65.6 Å². The van der Waals surface area contributed by atoms with Crippen LogP contribution in [0.3, 0.4) is 0 Å². The number of hydrogen-bond acceptors (Lipinski definition) is 0. The van der Waals surface area contributed by atoms with Crippen molar-refractivity contribution in [3.8, 4) is 0 Å². The smallest absolute Gasteiger partial charge is 0.0894 e. The van der Waals surface area contributed by atoms with E-state index in [-0.39, 0.29) is 6.67 Å². The molecule has 5 aliphatic rings. The van der Waals surface area contributed by atoms with Crippen LogP contribution in [0.5, 0.6) is 0 Å². The van der Waals surface area contributed by atoms with Gasteiger partial charge in [-0.2, -0.15) is 0 Å². The molecule has 156 valence electrons. The van der Waals surface area contributed by atoms with Gasteiger partial charge in [-0.3, -0.25) is 4.39 Å². The summed E-state index contributed by atoms with van der Waals surface area (Å²) in [5.41, 5.74) is 0.562. The third-order valence-electron chi connectivity index (χ3n) is 10.4. The minimum Gasteiger partial charge on any atom is -0.251 e. The third kappa shape index (κ3) is 3.04. The normalized spacial score (nSPS) is 55.3. The molecule has 0 radical (unpaired) electrons. The van der Waals surface area contributed by atoms with Crippen LogP contribution in [0.25, 0.3) is 0 Å². The summed E-state index contributed by atoms with van der Waals surface area (Å²) in [7, 11) is 0. The lowest BCUT2D eigenvalue weighted by Crippen LogP contribution is -2.50. The van der Waals surface area contributed by atoms with E-state index in [1.165, 1.54) is 51.4 Å². The highest BCUT2D eigenvalue weighted by molar-refractivity contribution is 5.19. The molecule has 0 aromatic rings. The van der Waals surface area contributed by atoms with Gasteiger partial charge in [0, 0.05) is 0 Å². The molecule has 10 unspecified atom stereocenters. The predicted molar refractivity (Wildman–Crippen MR) is 113 cm³/mol. The van der Waals surface area contributed by atoms with E-state index in [1.807, 2.05) is 13.8 Å². The summed E-state index contributed by atoms with van der Waals surface area (Å²) in [5.74, 6) is 9.96. The molecule has 0 saturated heterocycles. The number of hydrogen-bond donors (Lipinski definition) is 0. The zero-order valence-corrected chi connectivity index (χ0v) is 18.7. The Morgan fingerprint density at radius 1 is 0.889 bits per heavy atom. The second kappa shape index (κ2) is 7.64. The highest BCUT2D eigenvalue weighted by Crippen LogP contribution is 2.77. The van der Waals surface area contributed by atoms with Crippen molar-refractivity contribution in [1.29, 1.82) is 0 Å². The molecule has 5 rings (SSSR count). The fourth-order valence-electron chi connectivity index (χ4n) is 9.51. The Bertz CT molecular complexity index is 514. The van der Waals surface area contributed by atoms with Gasteiger partial charge in [0.25, 0.3) is 0 Å². The first-order valence-corrected chi connectivity index (χ1v) is 12.6. The van der Waals surface area contributed by atoms with Crippen LogP contribution in [0, 0.1) is 64.6 Å². The first-order valence-electron chi connectivity index (χ1n) is 12.6. The molecule has 5 saturated carbocycles. The van der Waals surface area contributed by atoms with E-state index in [2.05, 4.69) is 20.8 Å². The van der Waals surface area contributed by atoms with Gasteiger partial charge in [0.1, 0.15) is 0 Å².